The maximum atomic E-state index is 10.9. The molecule has 1 aromatic rings. The van der Waals surface area contributed by atoms with Gasteiger partial charge in [0.2, 0.25) is 0 Å². The van der Waals surface area contributed by atoms with E-state index in [1.165, 1.54) is 16.9 Å². The molecule has 0 amide bonds. The van der Waals surface area contributed by atoms with Gasteiger partial charge in [-0.05, 0) is 37.3 Å². The zero-order valence-electron chi connectivity index (χ0n) is 9.05. The molecule has 0 atom stereocenters. The van der Waals surface area contributed by atoms with Crippen LogP contribution < -0.4 is 0 Å². The lowest BCUT2D eigenvalue weighted by atomic mass is 9.99. The standard InChI is InChI=1S/C11H16O2S/c1-6(2)5-9-7(3)10(11(12)13)14-8(9)4/h6H,5H2,1-4H3,(H,12,13). The summed E-state index contributed by atoms with van der Waals surface area (Å²) < 4.78 is 0. The van der Waals surface area contributed by atoms with Crippen molar-refractivity contribution in [2.75, 3.05) is 0 Å². The van der Waals surface area contributed by atoms with Gasteiger partial charge >= 0.3 is 5.97 Å². The Morgan fingerprint density at radius 3 is 2.36 bits per heavy atom. The average molecular weight is 212 g/mol. The molecule has 0 aliphatic heterocycles. The van der Waals surface area contributed by atoms with E-state index in [2.05, 4.69) is 13.8 Å². The van der Waals surface area contributed by atoms with Gasteiger partial charge in [-0.15, -0.1) is 11.3 Å². The Labute approximate surface area is 88.6 Å². The molecule has 0 aliphatic rings. The first kappa shape index (κ1) is 11.2. The van der Waals surface area contributed by atoms with Gasteiger partial charge in [-0.1, -0.05) is 13.8 Å². The smallest absolute Gasteiger partial charge is 0.346 e. The lowest BCUT2D eigenvalue weighted by molar-refractivity contribution is 0.0701. The summed E-state index contributed by atoms with van der Waals surface area (Å²) in [5.74, 6) is -0.228. The number of rotatable bonds is 3. The quantitative estimate of drug-likeness (QED) is 0.835. The summed E-state index contributed by atoms with van der Waals surface area (Å²) in [4.78, 5) is 12.5. The predicted octanol–water partition coefficient (Wildman–Crippen LogP) is 3.26. The number of thiophene rings is 1. The highest BCUT2D eigenvalue weighted by atomic mass is 32.1. The largest absolute Gasteiger partial charge is 0.477 e. The Bertz CT molecular complexity index is 350. The highest BCUT2D eigenvalue weighted by Gasteiger charge is 2.17. The predicted molar refractivity (Wildman–Crippen MR) is 59.3 cm³/mol. The summed E-state index contributed by atoms with van der Waals surface area (Å²) >= 11 is 1.39. The van der Waals surface area contributed by atoms with Gasteiger partial charge in [0.1, 0.15) is 4.88 Å². The van der Waals surface area contributed by atoms with E-state index in [0.717, 1.165) is 16.9 Å². The van der Waals surface area contributed by atoms with E-state index in [-0.39, 0.29) is 0 Å². The molecule has 1 aromatic heterocycles. The van der Waals surface area contributed by atoms with Crippen molar-refractivity contribution in [1.29, 1.82) is 0 Å². The molecule has 0 aromatic carbocycles. The van der Waals surface area contributed by atoms with Gasteiger partial charge < -0.3 is 5.11 Å². The fraction of sp³-hybridized carbons (Fsp3) is 0.545. The zero-order chi connectivity index (χ0) is 10.9. The van der Waals surface area contributed by atoms with Crippen molar-refractivity contribution in [3.8, 4) is 0 Å². The van der Waals surface area contributed by atoms with Crippen LogP contribution in [0.15, 0.2) is 0 Å². The fourth-order valence-electron chi connectivity index (χ4n) is 1.60. The number of hydrogen-bond donors (Lipinski definition) is 1. The van der Waals surface area contributed by atoms with Gasteiger partial charge in [0.15, 0.2) is 0 Å². The highest BCUT2D eigenvalue weighted by Crippen LogP contribution is 2.29. The molecule has 2 nitrogen and oxygen atoms in total. The molecule has 0 radical (unpaired) electrons. The molecule has 0 unspecified atom stereocenters. The molecule has 0 spiro atoms. The molecule has 0 fully saturated rings. The first-order valence-corrected chi connectivity index (χ1v) is 5.57. The molecule has 78 valence electrons. The molecule has 0 aliphatic carbocycles. The summed E-state index contributed by atoms with van der Waals surface area (Å²) in [5.41, 5.74) is 2.18. The topological polar surface area (TPSA) is 37.3 Å². The van der Waals surface area contributed by atoms with Crippen LogP contribution in [0.1, 0.15) is 39.5 Å². The second kappa shape index (κ2) is 4.13. The van der Waals surface area contributed by atoms with Crippen LogP contribution in [0, 0.1) is 19.8 Å². The van der Waals surface area contributed by atoms with Gasteiger partial charge in [-0.25, -0.2) is 4.79 Å². The Hall–Kier alpha value is -0.830. The van der Waals surface area contributed by atoms with Gasteiger partial charge in [0.05, 0.1) is 0 Å². The van der Waals surface area contributed by atoms with Crippen molar-refractivity contribution in [2.45, 2.75) is 34.1 Å². The van der Waals surface area contributed by atoms with Crippen LogP contribution in [0.2, 0.25) is 0 Å². The van der Waals surface area contributed by atoms with Crippen LogP contribution in [0.25, 0.3) is 0 Å². The van der Waals surface area contributed by atoms with E-state index < -0.39 is 5.97 Å². The van der Waals surface area contributed by atoms with E-state index in [9.17, 15) is 4.79 Å². The molecule has 1 heterocycles. The molecular formula is C11H16O2S. The van der Waals surface area contributed by atoms with Crippen LogP contribution in [-0.2, 0) is 6.42 Å². The Morgan fingerprint density at radius 1 is 1.43 bits per heavy atom. The molecule has 0 bridgehead atoms. The van der Waals surface area contributed by atoms with Gasteiger partial charge in [0, 0.05) is 4.88 Å². The molecule has 1 N–H and O–H groups in total. The van der Waals surface area contributed by atoms with Crippen molar-refractivity contribution >= 4 is 17.3 Å². The first-order chi connectivity index (χ1) is 6.43. The lowest BCUT2D eigenvalue weighted by Gasteiger charge is -2.05. The normalized spacial score (nSPS) is 10.9. The summed E-state index contributed by atoms with van der Waals surface area (Å²) in [6.07, 6.45) is 0.974. The lowest BCUT2D eigenvalue weighted by Crippen LogP contribution is -1.99. The van der Waals surface area contributed by atoms with Crippen LogP contribution in [0.3, 0.4) is 0 Å². The van der Waals surface area contributed by atoms with Crippen LogP contribution in [-0.4, -0.2) is 11.1 Å². The van der Waals surface area contributed by atoms with Crippen molar-refractivity contribution < 1.29 is 9.90 Å². The van der Waals surface area contributed by atoms with Crippen molar-refractivity contribution in [1.82, 2.24) is 0 Å². The minimum absolute atomic E-state index is 0.498. The van der Waals surface area contributed by atoms with E-state index in [1.54, 1.807) is 0 Å². The molecule has 3 heteroatoms. The second-order valence-electron chi connectivity index (χ2n) is 3.99. The average Bonchev–Trinajstić information content (AvgIpc) is 2.31. The fourth-order valence-corrected chi connectivity index (χ4v) is 2.63. The van der Waals surface area contributed by atoms with Crippen LogP contribution in [0.4, 0.5) is 0 Å². The summed E-state index contributed by atoms with van der Waals surface area (Å²) in [5, 5.41) is 8.95. The molecule has 0 saturated heterocycles. The third-order valence-corrected chi connectivity index (χ3v) is 3.52. The number of carbonyl (C=O) groups is 1. The van der Waals surface area contributed by atoms with Crippen molar-refractivity contribution in [3.63, 3.8) is 0 Å². The van der Waals surface area contributed by atoms with E-state index in [4.69, 9.17) is 5.11 Å². The van der Waals surface area contributed by atoms with E-state index in [1.807, 2.05) is 13.8 Å². The number of aromatic carboxylic acids is 1. The monoisotopic (exact) mass is 212 g/mol. The minimum Gasteiger partial charge on any atom is -0.477 e. The van der Waals surface area contributed by atoms with Crippen LogP contribution >= 0.6 is 11.3 Å². The third kappa shape index (κ3) is 2.15. The Balaban J connectivity index is 3.11. The summed E-state index contributed by atoms with van der Waals surface area (Å²) in [6.45, 7) is 8.21. The molecule has 1 rings (SSSR count). The second-order valence-corrected chi connectivity index (χ2v) is 5.22. The van der Waals surface area contributed by atoms with E-state index in [0.29, 0.717) is 10.8 Å². The maximum Gasteiger partial charge on any atom is 0.346 e. The number of aryl methyl sites for hydroxylation is 1. The van der Waals surface area contributed by atoms with Crippen molar-refractivity contribution in [2.24, 2.45) is 5.92 Å². The van der Waals surface area contributed by atoms with Gasteiger partial charge in [-0.2, -0.15) is 0 Å². The SMILES string of the molecule is Cc1sc(C(=O)O)c(C)c1CC(C)C. The summed E-state index contributed by atoms with van der Waals surface area (Å²) in [7, 11) is 0. The van der Waals surface area contributed by atoms with Crippen molar-refractivity contribution in [3.05, 3.63) is 20.9 Å². The molecule has 0 saturated carbocycles. The number of hydrogen-bond acceptors (Lipinski definition) is 2. The zero-order valence-corrected chi connectivity index (χ0v) is 9.86. The van der Waals surface area contributed by atoms with Crippen LogP contribution in [0.5, 0.6) is 0 Å². The van der Waals surface area contributed by atoms with E-state index >= 15 is 0 Å². The third-order valence-electron chi connectivity index (χ3n) is 2.28. The highest BCUT2D eigenvalue weighted by molar-refractivity contribution is 7.14. The minimum atomic E-state index is -0.800. The molecule has 14 heavy (non-hydrogen) atoms. The first-order valence-electron chi connectivity index (χ1n) is 4.75. The van der Waals surface area contributed by atoms with Gasteiger partial charge in [-0.3, -0.25) is 0 Å². The Morgan fingerprint density at radius 2 is 2.00 bits per heavy atom. The Kier molecular flexibility index (Phi) is 3.32. The molecular weight excluding hydrogens is 196 g/mol. The maximum absolute atomic E-state index is 10.9. The number of carboxylic acids is 1. The number of carboxylic acid groups (broad SMARTS) is 1. The van der Waals surface area contributed by atoms with Gasteiger partial charge in [0.25, 0.3) is 0 Å². The summed E-state index contributed by atoms with van der Waals surface area (Å²) in [6, 6.07) is 0.